The molecule has 2 saturated carbocycles. The third-order valence-electron chi connectivity index (χ3n) is 5.66. The molecule has 0 aromatic heterocycles. The predicted molar refractivity (Wildman–Crippen MR) is 86.3 cm³/mol. The summed E-state index contributed by atoms with van der Waals surface area (Å²) in [5, 5.41) is 13.3. The average Bonchev–Trinajstić information content (AvgIpc) is 3.25. The van der Waals surface area contributed by atoms with Crippen LogP contribution in [0.3, 0.4) is 0 Å². The number of anilines is 1. The van der Waals surface area contributed by atoms with Gasteiger partial charge in [-0.05, 0) is 37.2 Å². The highest BCUT2D eigenvalue weighted by Crippen LogP contribution is 2.56. The number of nitro benzene ring substituents is 1. The van der Waals surface area contributed by atoms with Crippen molar-refractivity contribution in [2.75, 3.05) is 11.9 Å². The third-order valence-corrected chi connectivity index (χ3v) is 5.66. The van der Waals surface area contributed by atoms with E-state index in [2.05, 4.69) is 5.32 Å². The summed E-state index contributed by atoms with van der Waals surface area (Å²) in [5.41, 5.74) is 0.121. The summed E-state index contributed by atoms with van der Waals surface area (Å²) in [5.74, 6) is -0.969. The molecule has 1 aromatic carbocycles. The van der Waals surface area contributed by atoms with Crippen LogP contribution in [0.2, 0.25) is 0 Å². The summed E-state index contributed by atoms with van der Waals surface area (Å²) in [7, 11) is 0. The monoisotopic (exact) mass is 343 g/mol. The van der Waals surface area contributed by atoms with Gasteiger partial charge in [-0.3, -0.25) is 29.4 Å². The molecule has 1 aliphatic heterocycles. The van der Waals surface area contributed by atoms with Crippen molar-refractivity contribution in [3.8, 4) is 0 Å². The summed E-state index contributed by atoms with van der Waals surface area (Å²) in [4.78, 5) is 48.6. The Morgan fingerprint density at radius 3 is 2.44 bits per heavy atom. The molecule has 8 nitrogen and oxygen atoms in total. The highest BCUT2D eigenvalue weighted by Gasteiger charge is 2.60. The molecular weight excluding hydrogens is 326 g/mol. The molecule has 8 heteroatoms. The molecule has 4 atom stereocenters. The van der Waals surface area contributed by atoms with E-state index in [4.69, 9.17) is 0 Å². The first-order valence-electron chi connectivity index (χ1n) is 8.35. The van der Waals surface area contributed by atoms with Crippen molar-refractivity contribution in [1.82, 2.24) is 4.90 Å². The van der Waals surface area contributed by atoms with Crippen LogP contribution in [0.1, 0.15) is 19.3 Å². The fourth-order valence-corrected chi connectivity index (χ4v) is 4.67. The number of nitrogens with one attached hydrogen (secondary N) is 1. The molecule has 1 saturated heterocycles. The molecule has 25 heavy (non-hydrogen) atoms. The number of nitrogens with zero attached hydrogens (tertiary/aromatic N) is 2. The van der Waals surface area contributed by atoms with Gasteiger partial charge in [-0.15, -0.1) is 0 Å². The smallest absolute Gasteiger partial charge is 0.271 e. The van der Waals surface area contributed by atoms with Crippen molar-refractivity contribution in [1.29, 1.82) is 0 Å². The van der Waals surface area contributed by atoms with E-state index in [0.717, 1.165) is 24.2 Å². The van der Waals surface area contributed by atoms with Crippen LogP contribution >= 0.6 is 0 Å². The van der Waals surface area contributed by atoms with Gasteiger partial charge in [0.1, 0.15) is 6.54 Å². The number of nitro groups is 1. The van der Waals surface area contributed by atoms with Crippen molar-refractivity contribution in [2.24, 2.45) is 23.7 Å². The molecule has 130 valence electrons. The van der Waals surface area contributed by atoms with Crippen LogP contribution in [0, 0.1) is 33.8 Å². The number of fused-ring (bicyclic) bond motifs is 5. The summed E-state index contributed by atoms with van der Waals surface area (Å²) < 4.78 is 0. The predicted octanol–water partition coefficient (Wildman–Crippen LogP) is 1.56. The molecule has 0 spiro atoms. The topological polar surface area (TPSA) is 110 Å². The maximum atomic E-state index is 12.6. The van der Waals surface area contributed by atoms with Crippen molar-refractivity contribution < 1.29 is 19.3 Å². The fourth-order valence-electron chi connectivity index (χ4n) is 4.67. The van der Waals surface area contributed by atoms with Crippen LogP contribution in [0.15, 0.2) is 24.3 Å². The van der Waals surface area contributed by atoms with Crippen molar-refractivity contribution in [3.05, 3.63) is 34.4 Å². The van der Waals surface area contributed by atoms with Gasteiger partial charge >= 0.3 is 0 Å². The maximum Gasteiger partial charge on any atom is 0.271 e. The summed E-state index contributed by atoms with van der Waals surface area (Å²) in [6, 6.07) is 5.54. The zero-order valence-corrected chi connectivity index (χ0v) is 13.4. The number of non-ortho nitro benzene ring substituents is 1. The molecule has 0 radical (unpaired) electrons. The highest BCUT2D eigenvalue weighted by atomic mass is 16.6. The molecule has 3 amide bonds. The first-order chi connectivity index (χ1) is 12.0. The van der Waals surface area contributed by atoms with E-state index in [9.17, 15) is 24.5 Å². The van der Waals surface area contributed by atoms with E-state index in [-0.39, 0.29) is 53.4 Å². The SMILES string of the molecule is O=C(CN1C(=O)[C@@H]2[C@H]3CC[C@@H](C3)[C@@H]2C1=O)Nc1cccc([N+](=O)[O-])c1. The van der Waals surface area contributed by atoms with Gasteiger partial charge in [0.15, 0.2) is 0 Å². The minimum Gasteiger partial charge on any atom is -0.324 e. The Hall–Kier alpha value is -2.77. The Kier molecular flexibility index (Phi) is 3.55. The van der Waals surface area contributed by atoms with Crippen LogP contribution < -0.4 is 5.32 Å². The lowest BCUT2D eigenvalue weighted by Crippen LogP contribution is -2.39. The van der Waals surface area contributed by atoms with Gasteiger partial charge in [0.2, 0.25) is 17.7 Å². The van der Waals surface area contributed by atoms with Crippen LogP contribution in [-0.2, 0) is 14.4 Å². The number of likely N-dealkylation sites (tertiary alicyclic amines) is 1. The average molecular weight is 343 g/mol. The Morgan fingerprint density at radius 1 is 1.20 bits per heavy atom. The number of amides is 3. The van der Waals surface area contributed by atoms with Crippen LogP contribution in [0.5, 0.6) is 0 Å². The van der Waals surface area contributed by atoms with Gasteiger partial charge in [-0.1, -0.05) is 6.07 Å². The van der Waals surface area contributed by atoms with Gasteiger partial charge in [-0.25, -0.2) is 0 Å². The molecule has 3 fully saturated rings. The first kappa shape index (κ1) is 15.7. The third kappa shape index (κ3) is 2.48. The molecule has 1 heterocycles. The van der Waals surface area contributed by atoms with Gasteiger partial charge in [0.05, 0.1) is 16.8 Å². The molecule has 1 aromatic rings. The Bertz CT molecular complexity index is 764. The number of hydrogen-bond donors (Lipinski definition) is 1. The van der Waals surface area contributed by atoms with Crippen LogP contribution in [-0.4, -0.2) is 34.1 Å². The van der Waals surface area contributed by atoms with E-state index in [0.29, 0.717) is 0 Å². The normalized spacial score (nSPS) is 29.8. The van der Waals surface area contributed by atoms with Crippen LogP contribution in [0.4, 0.5) is 11.4 Å². The summed E-state index contributed by atoms with van der Waals surface area (Å²) >= 11 is 0. The van der Waals surface area contributed by atoms with Crippen molar-refractivity contribution >= 4 is 29.1 Å². The Labute approximate surface area is 143 Å². The lowest BCUT2D eigenvalue weighted by atomic mass is 9.81. The van der Waals surface area contributed by atoms with Gasteiger partial charge < -0.3 is 5.32 Å². The molecule has 1 N–H and O–H groups in total. The van der Waals surface area contributed by atoms with Crippen LogP contribution in [0.25, 0.3) is 0 Å². The standard InChI is InChI=1S/C17H17N3O5/c21-13(18-11-2-1-3-12(7-11)20(24)25)8-19-16(22)14-9-4-5-10(6-9)15(14)17(19)23/h1-3,7,9-10,14-15H,4-6,8H2,(H,18,21)/t9-,10-,14-,15+/m0/s1. The Balaban J connectivity index is 1.45. The second kappa shape index (κ2) is 5.65. The molecule has 4 rings (SSSR count). The van der Waals surface area contributed by atoms with Gasteiger partial charge in [0, 0.05) is 17.8 Å². The Morgan fingerprint density at radius 2 is 1.84 bits per heavy atom. The molecule has 2 bridgehead atoms. The number of rotatable bonds is 4. The second-order valence-electron chi connectivity index (χ2n) is 7.00. The highest BCUT2D eigenvalue weighted by molar-refractivity contribution is 6.09. The zero-order valence-electron chi connectivity index (χ0n) is 13.4. The first-order valence-corrected chi connectivity index (χ1v) is 8.35. The number of carbonyl (C=O) groups excluding carboxylic acids is 3. The largest absolute Gasteiger partial charge is 0.324 e. The lowest BCUT2D eigenvalue weighted by Gasteiger charge is -2.19. The quantitative estimate of drug-likeness (QED) is 0.507. The number of benzene rings is 1. The summed E-state index contributed by atoms with van der Waals surface area (Å²) in [6.07, 6.45) is 2.91. The van der Waals surface area contributed by atoms with E-state index < -0.39 is 10.8 Å². The fraction of sp³-hybridized carbons (Fsp3) is 0.471. The molecular formula is C17H17N3O5. The van der Waals surface area contributed by atoms with Gasteiger partial charge in [0.25, 0.3) is 5.69 Å². The molecule has 3 aliphatic rings. The van der Waals surface area contributed by atoms with Crippen molar-refractivity contribution in [3.63, 3.8) is 0 Å². The number of imide groups is 1. The summed E-state index contributed by atoms with van der Waals surface area (Å²) in [6.45, 7) is -0.340. The number of hydrogen-bond acceptors (Lipinski definition) is 5. The molecule has 0 unspecified atom stereocenters. The maximum absolute atomic E-state index is 12.6. The minimum absolute atomic E-state index is 0.141. The van der Waals surface area contributed by atoms with Gasteiger partial charge in [-0.2, -0.15) is 0 Å². The number of carbonyl (C=O) groups is 3. The molecule has 2 aliphatic carbocycles. The zero-order chi connectivity index (χ0) is 17.7. The van der Waals surface area contributed by atoms with E-state index >= 15 is 0 Å². The second-order valence-corrected chi connectivity index (χ2v) is 7.00. The van der Waals surface area contributed by atoms with Crippen molar-refractivity contribution in [2.45, 2.75) is 19.3 Å². The van der Waals surface area contributed by atoms with E-state index in [1.54, 1.807) is 0 Å². The van der Waals surface area contributed by atoms with E-state index in [1.807, 2.05) is 0 Å². The lowest BCUT2D eigenvalue weighted by molar-refractivity contribution is -0.384. The minimum atomic E-state index is -0.555. The van der Waals surface area contributed by atoms with E-state index in [1.165, 1.54) is 24.3 Å².